The Morgan fingerprint density at radius 3 is 2.90 bits per heavy atom. The van der Waals surface area contributed by atoms with Gasteiger partial charge in [-0.25, -0.2) is 0 Å². The highest BCUT2D eigenvalue weighted by molar-refractivity contribution is 6.31. The number of pyridine rings is 1. The Morgan fingerprint density at radius 2 is 2.20 bits per heavy atom. The number of aryl methyl sites for hydroxylation is 1. The van der Waals surface area contributed by atoms with Crippen molar-refractivity contribution in [1.29, 1.82) is 0 Å². The molecule has 0 amide bonds. The standard InChI is InChI=1S/C16H19ClN2O/c1-3-19-7-6-11(9-19)15-10(2)18-16(20)14-8-12(17)4-5-13(14)15/h4-5,8,11H,3,6-7,9H2,1-2H3,(H,18,20). The molecule has 20 heavy (non-hydrogen) atoms. The Bertz CT molecular complexity index is 707. The van der Waals surface area contributed by atoms with Crippen LogP contribution in [0.15, 0.2) is 23.0 Å². The molecule has 1 saturated heterocycles. The zero-order chi connectivity index (χ0) is 14.3. The van der Waals surface area contributed by atoms with Crippen molar-refractivity contribution < 1.29 is 0 Å². The van der Waals surface area contributed by atoms with Gasteiger partial charge in [-0.15, -0.1) is 0 Å². The lowest BCUT2D eigenvalue weighted by molar-refractivity contribution is 0.354. The van der Waals surface area contributed by atoms with Crippen LogP contribution in [0.2, 0.25) is 5.02 Å². The minimum Gasteiger partial charge on any atom is -0.326 e. The first-order valence-corrected chi connectivity index (χ1v) is 7.52. The van der Waals surface area contributed by atoms with Crippen LogP contribution in [-0.2, 0) is 0 Å². The zero-order valence-electron chi connectivity index (χ0n) is 11.9. The SMILES string of the molecule is CCN1CCC(c2c(C)[nH]c(=O)c3cc(Cl)ccc23)C1. The van der Waals surface area contributed by atoms with Crippen molar-refractivity contribution >= 4 is 22.4 Å². The molecule has 1 atom stereocenters. The highest BCUT2D eigenvalue weighted by Gasteiger charge is 2.26. The van der Waals surface area contributed by atoms with Gasteiger partial charge in [0.1, 0.15) is 0 Å². The van der Waals surface area contributed by atoms with Crippen molar-refractivity contribution in [2.45, 2.75) is 26.2 Å². The molecular weight excluding hydrogens is 272 g/mol. The molecule has 2 heterocycles. The van der Waals surface area contributed by atoms with Gasteiger partial charge in [0.05, 0.1) is 0 Å². The fourth-order valence-corrected chi connectivity index (χ4v) is 3.50. The van der Waals surface area contributed by atoms with Gasteiger partial charge in [-0.3, -0.25) is 4.79 Å². The van der Waals surface area contributed by atoms with Crippen molar-refractivity contribution in [2.24, 2.45) is 0 Å². The molecule has 1 aromatic heterocycles. The lowest BCUT2D eigenvalue weighted by Gasteiger charge is -2.17. The number of aromatic nitrogens is 1. The Balaban J connectivity index is 2.18. The fraction of sp³-hybridized carbons (Fsp3) is 0.438. The predicted molar refractivity (Wildman–Crippen MR) is 83.8 cm³/mol. The van der Waals surface area contributed by atoms with Gasteiger partial charge in [-0.05, 0) is 49.5 Å². The van der Waals surface area contributed by atoms with Crippen LogP contribution in [0.4, 0.5) is 0 Å². The molecule has 3 nitrogen and oxygen atoms in total. The van der Waals surface area contributed by atoms with E-state index in [9.17, 15) is 4.79 Å². The number of aromatic amines is 1. The highest BCUT2D eigenvalue weighted by Crippen LogP contribution is 2.33. The highest BCUT2D eigenvalue weighted by atomic mass is 35.5. The summed E-state index contributed by atoms with van der Waals surface area (Å²) in [4.78, 5) is 17.6. The number of nitrogens with one attached hydrogen (secondary N) is 1. The first-order valence-electron chi connectivity index (χ1n) is 7.14. The van der Waals surface area contributed by atoms with E-state index in [0.717, 1.165) is 37.1 Å². The Hall–Kier alpha value is -1.32. The van der Waals surface area contributed by atoms with Crippen LogP contribution in [-0.4, -0.2) is 29.5 Å². The molecule has 1 N–H and O–H groups in total. The van der Waals surface area contributed by atoms with E-state index in [1.54, 1.807) is 6.07 Å². The molecule has 1 aliphatic rings. The van der Waals surface area contributed by atoms with E-state index >= 15 is 0 Å². The number of rotatable bonds is 2. The topological polar surface area (TPSA) is 36.1 Å². The molecule has 1 unspecified atom stereocenters. The first-order chi connectivity index (χ1) is 9.60. The lowest BCUT2D eigenvalue weighted by atomic mass is 9.92. The molecule has 0 aliphatic carbocycles. The molecule has 106 valence electrons. The molecule has 0 spiro atoms. The summed E-state index contributed by atoms with van der Waals surface area (Å²) < 4.78 is 0. The quantitative estimate of drug-likeness (QED) is 0.921. The number of nitrogens with zero attached hydrogens (tertiary/aromatic N) is 1. The number of hydrogen-bond donors (Lipinski definition) is 1. The molecular formula is C16H19ClN2O. The van der Waals surface area contributed by atoms with Gasteiger partial charge < -0.3 is 9.88 Å². The molecule has 4 heteroatoms. The third kappa shape index (κ3) is 2.25. The van der Waals surface area contributed by atoms with Crippen LogP contribution in [0, 0.1) is 6.92 Å². The van der Waals surface area contributed by atoms with E-state index in [1.165, 1.54) is 5.56 Å². The zero-order valence-corrected chi connectivity index (χ0v) is 12.6. The van der Waals surface area contributed by atoms with E-state index < -0.39 is 0 Å². The van der Waals surface area contributed by atoms with Gasteiger partial charge in [0.2, 0.25) is 0 Å². The average Bonchev–Trinajstić information content (AvgIpc) is 2.88. The minimum atomic E-state index is -0.0471. The summed E-state index contributed by atoms with van der Waals surface area (Å²) in [6.07, 6.45) is 1.15. The minimum absolute atomic E-state index is 0.0471. The summed E-state index contributed by atoms with van der Waals surface area (Å²) >= 11 is 6.03. The van der Waals surface area contributed by atoms with E-state index in [0.29, 0.717) is 16.3 Å². The van der Waals surface area contributed by atoms with Gasteiger partial charge in [0.15, 0.2) is 0 Å². The molecule has 2 aromatic rings. The average molecular weight is 291 g/mol. The van der Waals surface area contributed by atoms with Gasteiger partial charge in [0, 0.05) is 28.6 Å². The third-order valence-corrected chi connectivity index (χ3v) is 4.58. The Morgan fingerprint density at radius 1 is 1.40 bits per heavy atom. The molecule has 1 fully saturated rings. The van der Waals surface area contributed by atoms with Gasteiger partial charge in [-0.2, -0.15) is 0 Å². The molecule has 3 rings (SSSR count). The second-order valence-corrected chi connectivity index (χ2v) is 6.00. The van der Waals surface area contributed by atoms with E-state index in [2.05, 4.69) is 16.8 Å². The van der Waals surface area contributed by atoms with Crippen molar-refractivity contribution in [2.75, 3.05) is 19.6 Å². The molecule has 0 saturated carbocycles. The smallest absolute Gasteiger partial charge is 0.256 e. The van der Waals surface area contributed by atoms with E-state index in [4.69, 9.17) is 11.6 Å². The maximum atomic E-state index is 12.1. The van der Waals surface area contributed by atoms with Crippen LogP contribution in [0.5, 0.6) is 0 Å². The van der Waals surface area contributed by atoms with Crippen LogP contribution >= 0.6 is 11.6 Å². The molecule has 1 aliphatic heterocycles. The maximum Gasteiger partial charge on any atom is 0.256 e. The predicted octanol–water partition coefficient (Wildman–Crippen LogP) is 3.30. The number of halogens is 1. The van der Waals surface area contributed by atoms with E-state index in [-0.39, 0.29) is 5.56 Å². The number of fused-ring (bicyclic) bond motifs is 1. The Labute approximate surface area is 123 Å². The monoisotopic (exact) mass is 290 g/mol. The number of likely N-dealkylation sites (tertiary alicyclic amines) is 1. The lowest BCUT2D eigenvalue weighted by Crippen LogP contribution is -2.20. The van der Waals surface area contributed by atoms with Gasteiger partial charge in [-0.1, -0.05) is 24.6 Å². The Kier molecular flexibility index (Phi) is 3.57. The summed E-state index contributed by atoms with van der Waals surface area (Å²) in [6, 6.07) is 5.63. The third-order valence-electron chi connectivity index (χ3n) is 4.35. The summed E-state index contributed by atoms with van der Waals surface area (Å²) in [6.45, 7) is 7.48. The molecule has 1 aromatic carbocycles. The van der Waals surface area contributed by atoms with Crippen LogP contribution in [0.3, 0.4) is 0 Å². The largest absolute Gasteiger partial charge is 0.326 e. The van der Waals surface area contributed by atoms with Crippen LogP contribution < -0.4 is 5.56 Å². The van der Waals surface area contributed by atoms with Crippen LogP contribution in [0.1, 0.15) is 30.5 Å². The first kappa shape index (κ1) is 13.7. The maximum absolute atomic E-state index is 12.1. The van der Waals surface area contributed by atoms with Crippen molar-refractivity contribution in [3.63, 3.8) is 0 Å². The van der Waals surface area contributed by atoms with Crippen molar-refractivity contribution in [3.05, 3.63) is 44.8 Å². The van der Waals surface area contributed by atoms with Crippen molar-refractivity contribution in [3.8, 4) is 0 Å². The molecule has 0 bridgehead atoms. The van der Waals surface area contributed by atoms with Crippen LogP contribution in [0.25, 0.3) is 10.8 Å². The van der Waals surface area contributed by atoms with Gasteiger partial charge >= 0.3 is 0 Å². The normalized spacial score (nSPS) is 19.9. The summed E-state index contributed by atoms with van der Waals surface area (Å²) in [5.74, 6) is 0.496. The number of H-pyrrole nitrogens is 1. The second-order valence-electron chi connectivity index (χ2n) is 5.56. The summed E-state index contributed by atoms with van der Waals surface area (Å²) in [5.41, 5.74) is 2.23. The summed E-state index contributed by atoms with van der Waals surface area (Å²) in [7, 11) is 0. The number of benzene rings is 1. The number of hydrogen-bond acceptors (Lipinski definition) is 2. The van der Waals surface area contributed by atoms with Gasteiger partial charge in [0.25, 0.3) is 5.56 Å². The summed E-state index contributed by atoms with van der Waals surface area (Å²) in [5, 5.41) is 2.37. The van der Waals surface area contributed by atoms with E-state index in [1.807, 2.05) is 19.1 Å². The molecule has 0 radical (unpaired) electrons. The van der Waals surface area contributed by atoms with Crippen molar-refractivity contribution in [1.82, 2.24) is 9.88 Å². The number of likely N-dealkylation sites (N-methyl/N-ethyl adjacent to an activating group) is 1. The second kappa shape index (κ2) is 5.23. The fourth-order valence-electron chi connectivity index (χ4n) is 3.33.